The van der Waals surface area contributed by atoms with Crippen molar-refractivity contribution in [3.05, 3.63) is 29.6 Å². The fourth-order valence-corrected chi connectivity index (χ4v) is 2.56. The van der Waals surface area contributed by atoms with Gasteiger partial charge in [-0.1, -0.05) is 0 Å². The number of halogens is 3. The Balaban J connectivity index is 2.27. The fraction of sp³-hybridized carbons (Fsp3) is 0.500. The number of benzene rings is 1. The van der Waals surface area contributed by atoms with Crippen LogP contribution in [0.3, 0.4) is 0 Å². The SMILES string of the molecule is CC(C)(C)OC(=O)N1CCN(c2c(F)cc(F)cc2F)C(C(=O)O)C1. The molecule has 0 bridgehead atoms. The van der Waals surface area contributed by atoms with Crippen LogP contribution in [-0.2, 0) is 9.53 Å². The zero-order valence-electron chi connectivity index (χ0n) is 14.1. The average Bonchev–Trinajstić information content (AvgIpc) is 2.44. The van der Waals surface area contributed by atoms with E-state index in [0.29, 0.717) is 12.1 Å². The van der Waals surface area contributed by atoms with E-state index in [4.69, 9.17) is 4.74 Å². The third-order valence-electron chi connectivity index (χ3n) is 3.59. The van der Waals surface area contributed by atoms with Crippen LogP contribution in [0.15, 0.2) is 12.1 Å². The van der Waals surface area contributed by atoms with E-state index in [1.165, 1.54) is 4.90 Å². The summed E-state index contributed by atoms with van der Waals surface area (Å²) < 4.78 is 46.2. The maximum absolute atomic E-state index is 14.0. The van der Waals surface area contributed by atoms with Crippen LogP contribution in [0.25, 0.3) is 0 Å². The highest BCUT2D eigenvalue weighted by Crippen LogP contribution is 2.28. The Bertz CT molecular complexity index is 667. The molecule has 1 atom stereocenters. The Morgan fingerprint density at radius 3 is 2.20 bits per heavy atom. The second-order valence-corrected chi connectivity index (χ2v) is 6.69. The van der Waals surface area contributed by atoms with Gasteiger partial charge in [0.1, 0.15) is 23.1 Å². The summed E-state index contributed by atoms with van der Waals surface area (Å²) in [6.07, 6.45) is -0.710. The lowest BCUT2D eigenvalue weighted by atomic mass is 10.1. The van der Waals surface area contributed by atoms with E-state index in [1.807, 2.05) is 0 Å². The molecule has 1 aliphatic heterocycles. The molecule has 1 aliphatic rings. The number of carbonyl (C=O) groups excluding carboxylic acids is 1. The first-order valence-corrected chi connectivity index (χ1v) is 7.61. The van der Waals surface area contributed by atoms with Gasteiger partial charge in [-0.15, -0.1) is 0 Å². The van der Waals surface area contributed by atoms with Crippen LogP contribution in [0.1, 0.15) is 20.8 Å². The Hall–Kier alpha value is -2.45. The summed E-state index contributed by atoms with van der Waals surface area (Å²) in [6, 6.07) is -0.425. The van der Waals surface area contributed by atoms with Crippen LogP contribution in [-0.4, -0.2) is 53.3 Å². The summed E-state index contributed by atoms with van der Waals surface area (Å²) in [4.78, 5) is 25.8. The summed E-state index contributed by atoms with van der Waals surface area (Å²) in [6.45, 7) is 4.54. The Morgan fingerprint density at radius 1 is 1.16 bits per heavy atom. The van der Waals surface area contributed by atoms with Gasteiger partial charge < -0.3 is 19.6 Å². The number of aliphatic carboxylic acids is 1. The number of piperazine rings is 1. The quantitative estimate of drug-likeness (QED) is 0.878. The molecule has 0 spiro atoms. The van der Waals surface area contributed by atoms with E-state index in [0.717, 1.165) is 4.90 Å². The van der Waals surface area contributed by atoms with Gasteiger partial charge in [-0.3, -0.25) is 0 Å². The molecule has 0 saturated carbocycles. The van der Waals surface area contributed by atoms with Crippen molar-refractivity contribution in [2.75, 3.05) is 24.5 Å². The first-order valence-electron chi connectivity index (χ1n) is 7.61. The van der Waals surface area contributed by atoms with E-state index in [9.17, 15) is 27.9 Å². The van der Waals surface area contributed by atoms with Crippen molar-refractivity contribution in [1.29, 1.82) is 0 Å². The highest BCUT2D eigenvalue weighted by Gasteiger charge is 2.38. The average molecular weight is 360 g/mol. The van der Waals surface area contributed by atoms with E-state index in [-0.39, 0.29) is 19.6 Å². The van der Waals surface area contributed by atoms with Crippen molar-refractivity contribution in [1.82, 2.24) is 4.90 Å². The number of hydrogen-bond donors (Lipinski definition) is 1. The number of anilines is 1. The van der Waals surface area contributed by atoms with Crippen LogP contribution < -0.4 is 4.90 Å². The van der Waals surface area contributed by atoms with Gasteiger partial charge in [0.2, 0.25) is 0 Å². The van der Waals surface area contributed by atoms with Gasteiger partial charge in [-0.05, 0) is 20.8 Å². The van der Waals surface area contributed by atoms with Gasteiger partial charge in [0.05, 0.1) is 6.54 Å². The summed E-state index contributed by atoms with van der Waals surface area (Å²) in [5.74, 6) is -4.86. The van der Waals surface area contributed by atoms with Crippen LogP contribution in [0, 0.1) is 17.5 Å². The summed E-state index contributed by atoms with van der Waals surface area (Å²) in [5.41, 5.74) is -1.39. The van der Waals surface area contributed by atoms with Crippen LogP contribution in [0.2, 0.25) is 0 Å². The van der Waals surface area contributed by atoms with Gasteiger partial charge >= 0.3 is 12.1 Å². The minimum absolute atomic E-state index is 0.00888. The van der Waals surface area contributed by atoms with Crippen molar-refractivity contribution in [2.24, 2.45) is 0 Å². The second-order valence-electron chi connectivity index (χ2n) is 6.69. The molecule has 0 radical (unpaired) electrons. The topological polar surface area (TPSA) is 70.1 Å². The highest BCUT2D eigenvalue weighted by molar-refractivity contribution is 5.80. The lowest BCUT2D eigenvalue weighted by Crippen LogP contribution is -2.59. The molecule has 6 nitrogen and oxygen atoms in total. The molecule has 138 valence electrons. The maximum Gasteiger partial charge on any atom is 0.410 e. The number of amides is 1. The number of carbonyl (C=O) groups is 2. The molecule has 0 aliphatic carbocycles. The monoisotopic (exact) mass is 360 g/mol. The standard InChI is InChI=1S/C16H19F3N2O4/c1-16(2,3)25-15(24)20-4-5-21(12(8-20)14(22)23)13-10(18)6-9(17)7-11(13)19/h6-7,12H,4-5,8H2,1-3H3,(H,22,23). The molecule has 1 saturated heterocycles. The van der Waals surface area contributed by atoms with Crippen LogP contribution in [0.4, 0.5) is 23.7 Å². The van der Waals surface area contributed by atoms with Crippen molar-refractivity contribution in [3.63, 3.8) is 0 Å². The third kappa shape index (κ3) is 4.34. The molecule has 1 heterocycles. The molecule has 25 heavy (non-hydrogen) atoms. The van der Waals surface area contributed by atoms with Gasteiger partial charge in [0, 0.05) is 25.2 Å². The largest absolute Gasteiger partial charge is 0.480 e. The zero-order valence-corrected chi connectivity index (χ0v) is 14.1. The molecule has 1 aromatic carbocycles. The number of hydrogen-bond acceptors (Lipinski definition) is 4. The third-order valence-corrected chi connectivity index (χ3v) is 3.59. The van der Waals surface area contributed by atoms with E-state index in [2.05, 4.69) is 0 Å². The number of rotatable bonds is 2. The molecule has 1 amide bonds. The van der Waals surface area contributed by atoms with E-state index < -0.39 is 46.8 Å². The first-order chi connectivity index (χ1) is 11.5. The first kappa shape index (κ1) is 18.9. The van der Waals surface area contributed by atoms with E-state index >= 15 is 0 Å². The predicted molar refractivity (Wildman–Crippen MR) is 82.9 cm³/mol. The molecule has 1 aromatic rings. The van der Waals surface area contributed by atoms with Crippen molar-refractivity contribution in [3.8, 4) is 0 Å². The van der Waals surface area contributed by atoms with E-state index in [1.54, 1.807) is 20.8 Å². The fourth-order valence-electron chi connectivity index (χ4n) is 2.56. The van der Waals surface area contributed by atoms with Gasteiger partial charge in [-0.25, -0.2) is 22.8 Å². The molecular weight excluding hydrogens is 341 g/mol. The molecule has 9 heteroatoms. The predicted octanol–water partition coefficient (Wildman–Crippen LogP) is 2.61. The molecule has 1 unspecified atom stereocenters. The number of nitrogens with zero attached hydrogens (tertiary/aromatic N) is 2. The highest BCUT2D eigenvalue weighted by atomic mass is 19.1. The van der Waals surface area contributed by atoms with Gasteiger partial charge in [0.15, 0.2) is 11.6 Å². The lowest BCUT2D eigenvalue weighted by molar-refractivity contribution is -0.139. The van der Waals surface area contributed by atoms with Crippen molar-refractivity contribution in [2.45, 2.75) is 32.4 Å². The minimum atomic E-state index is -1.39. The Kier molecular flexibility index (Phi) is 5.15. The minimum Gasteiger partial charge on any atom is -0.480 e. The molecule has 1 N–H and O–H groups in total. The van der Waals surface area contributed by atoms with Crippen molar-refractivity contribution >= 4 is 17.7 Å². The summed E-state index contributed by atoms with van der Waals surface area (Å²) >= 11 is 0. The zero-order chi connectivity index (χ0) is 18.9. The molecular formula is C16H19F3N2O4. The second kappa shape index (κ2) is 6.81. The number of carboxylic acids is 1. The van der Waals surface area contributed by atoms with Crippen molar-refractivity contribution < 1.29 is 32.6 Å². The Morgan fingerprint density at radius 2 is 1.72 bits per heavy atom. The molecule has 0 aromatic heterocycles. The molecule has 1 fully saturated rings. The summed E-state index contributed by atoms with van der Waals surface area (Å²) in [5, 5.41) is 9.40. The van der Waals surface area contributed by atoms with Crippen LogP contribution in [0.5, 0.6) is 0 Å². The summed E-state index contributed by atoms with van der Waals surface area (Å²) in [7, 11) is 0. The smallest absolute Gasteiger partial charge is 0.410 e. The van der Waals surface area contributed by atoms with Gasteiger partial charge in [0.25, 0.3) is 0 Å². The van der Waals surface area contributed by atoms with Crippen LogP contribution >= 0.6 is 0 Å². The number of ether oxygens (including phenoxy) is 1. The van der Waals surface area contributed by atoms with Gasteiger partial charge in [-0.2, -0.15) is 0 Å². The normalized spacial score (nSPS) is 18.2. The maximum atomic E-state index is 14.0. The number of carboxylic acid groups (broad SMARTS) is 1. The Labute approximate surface area is 142 Å². The lowest BCUT2D eigenvalue weighted by Gasteiger charge is -2.40. The molecule has 2 rings (SSSR count).